The number of nitrogens with one attached hydrogen (secondary N) is 2. The minimum absolute atomic E-state index is 0.142. The predicted octanol–water partition coefficient (Wildman–Crippen LogP) is 3.45. The Balaban J connectivity index is 1.16. The SMILES string of the molecule is COc1ccc(-c2n[nH]c3c2C(=O)c2c(NC(=O)CN4CCN(c5ccccn5)CC4)cccc2-3)cc1. The summed E-state index contributed by atoms with van der Waals surface area (Å²) in [5.74, 6) is 1.39. The molecule has 0 atom stereocenters. The smallest absolute Gasteiger partial charge is 0.238 e. The van der Waals surface area contributed by atoms with E-state index in [0.717, 1.165) is 48.9 Å². The number of hydrogen-bond acceptors (Lipinski definition) is 7. The third kappa shape index (κ3) is 4.23. The lowest BCUT2D eigenvalue weighted by molar-refractivity contribution is -0.117. The molecule has 3 heterocycles. The molecule has 37 heavy (non-hydrogen) atoms. The highest BCUT2D eigenvalue weighted by Gasteiger charge is 2.35. The van der Waals surface area contributed by atoms with Crippen molar-refractivity contribution in [3.05, 3.63) is 78.0 Å². The van der Waals surface area contributed by atoms with E-state index in [0.29, 0.717) is 28.2 Å². The van der Waals surface area contributed by atoms with Crippen molar-refractivity contribution in [2.24, 2.45) is 0 Å². The maximum atomic E-state index is 13.6. The van der Waals surface area contributed by atoms with Crippen LogP contribution in [0.25, 0.3) is 22.5 Å². The number of carbonyl (C=O) groups excluding carboxylic acids is 2. The van der Waals surface area contributed by atoms with Crippen LogP contribution in [-0.4, -0.2) is 71.6 Å². The van der Waals surface area contributed by atoms with E-state index >= 15 is 0 Å². The summed E-state index contributed by atoms with van der Waals surface area (Å²) in [6.07, 6.45) is 1.79. The number of aromatic amines is 1. The molecular formula is C28H26N6O3. The maximum Gasteiger partial charge on any atom is 0.238 e. The van der Waals surface area contributed by atoms with Gasteiger partial charge in [0.1, 0.15) is 17.3 Å². The summed E-state index contributed by atoms with van der Waals surface area (Å²) >= 11 is 0. The average Bonchev–Trinajstić information content (AvgIpc) is 3.50. The van der Waals surface area contributed by atoms with Gasteiger partial charge < -0.3 is 15.0 Å². The number of ether oxygens (including phenoxy) is 1. The number of benzene rings is 2. The standard InChI is InChI=1S/C28H26N6O3/c1-37-19-10-8-18(9-11-19)26-25-27(32-31-26)20-5-4-6-21(24(20)28(25)36)30-23(35)17-33-13-15-34(16-14-33)22-7-2-3-12-29-22/h2-12H,13-17H2,1H3,(H,30,35)(H,31,32). The molecule has 2 aromatic heterocycles. The first-order valence-electron chi connectivity index (χ1n) is 12.2. The molecule has 1 amide bonds. The molecule has 1 saturated heterocycles. The number of pyridine rings is 1. The zero-order valence-corrected chi connectivity index (χ0v) is 20.4. The monoisotopic (exact) mass is 494 g/mol. The first-order valence-corrected chi connectivity index (χ1v) is 12.2. The van der Waals surface area contributed by atoms with Gasteiger partial charge in [0.2, 0.25) is 5.91 Å². The molecule has 4 aromatic rings. The third-order valence-corrected chi connectivity index (χ3v) is 6.90. The van der Waals surface area contributed by atoms with E-state index in [1.165, 1.54) is 0 Å². The number of anilines is 2. The molecule has 0 saturated carbocycles. The molecule has 186 valence electrons. The Morgan fingerprint density at radius 2 is 1.81 bits per heavy atom. The summed E-state index contributed by atoms with van der Waals surface area (Å²) in [6.45, 7) is 3.39. The van der Waals surface area contributed by atoms with E-state index in [9.17, 15) is 9.59 Å². The normalized spacial score (nSPS) is 14.8. The highest BCUT2D eigenvalue weighted by molar-refractivity contribution is 6.27. The summed E-state index contributed by atoms with van der Waals surface area (Å²) in [4.78, 5) is 35.3. The molecule has 6 rings (SSSR count). The molecule has 1 fully saturated rings. The van der Waals surface area contributed by atoms with Crippen LogP contribution in [0, 0.1) is 0 Å². The summed E-state index contributed by atoms with van der Waals surface area (Å²) in [7, 11) is 1.61. The van der Waals surface area contributed by atoms with E-state index in [1.807, 2.05) is 54.6 Å². The lowest BCUT2D eigenvalue weighted by Crippen LogP contribution is -2.48. The van der Waals surface area contributed by atoms with Crippen LogP contribution in [0.15, 0.2) is 66.9 Å². The zero-order chi connectivity index (χ0) is 25.4. The fourth-order valence-corrected chi connectivity index (χ4v) is 5.02. The van der Waals surface area contributed by atoms with Crippen LogP contribution >= 0.6 is 0 Å². The van der Waals surface area contributed by atoms with Gasteiger partial charge >= 0.3 is 0 Å². The summed E-state index contributed by atoms with van der Waals surface area (Å²) in [5, 5.41) is 10.4. The minimum atomic E-state index is -0.149. The van der Waals surface area contributed by atoms with Crippen LogP contribution in [-0.2, 0) is 4.79 Å². The second kappa shape index (κ2) is 9.51. The highest BCUT2D eigenvalue weighted by atomic mass is 16.5. The first kappa shape index (κ1) is 22.9. The Morgan fingerprint density at radius 3 is 2.54 bits per heavy atom. The fourth-order valence-electron chi connectivity index (χ4n) is 5.02. The van der Waals surface area contributed by atoms with Crippen molar-refractivity contribution >= 4 is 23.2 Å². The van der Waals surface area contributed by atoms with Crippen LogP contribution in [0.2, 0.25) is 0 Å². The van der Waals surface area contributed by atoms with E-state index in [2.05, 4.69) is 30.3 Å². The van der Waals surface area contributed by atoms with Crippen molar-refractivity contribution in [2.45, 2.75) is 0 Å². The van der Waals surface area contributed by atoms with Crippen molar-refractivity contribution in [3.63, 3.8) is 0 Å². The van der Waals surface area contributed by atoms with Crippen molar-refractivity contribution < 1.29 is 14.3 Å². The lowest BCUT2D eigenvalue weighted by atomic mass is 10.0. The molecule has 2 N–H and O–H groups in total. The van der Waals surface area contributed by atoms with Gasteiger partial charge in [0.05, 0.1) is 36.2 Å². The van der Waals surface area contributed by atoms with Crippen molar-refractivity contribution in [1.82, 2.24) is 20.1 Å². The van der Waals surface area contributed by atoms with E-state index in [4.69, 9.17) is 4.74 Å². The van der Waals surface area contributed by atoms with Crippen LogP contribution in [0.1, 0.15) is 15.9 Å². The van der Waals surface area contributed by atoms with Gasteiger partial charge in [-0.15, -0.1) is 0 Å². The Kier molecular flexibility index (Phi) is 5.90. The maximum absolute atomic E-state index is 13.6. The average molecular weight is 495 g/mol. The Bertz CT molecular complexity index is 1460. The Labute approximate surface area is 214 Å². The molecule has 9 nitrogen and oxygen atoms in total. The topological polar surface area (TPSA) is 103 Å². The Morgan fingerprint density at radius 1 is 1.00 bits per heavy atom. The molecule has 2 aliphatic rings. The zero-order valence-electron chi connectivity index (χ0n) is 20.4. The molecular weight excluding hydrogens is 468 g/mol. The number of fused-ring (bicyclic) bond motifs is 3. The molecule has 1 aliphatic carbocycles. The van der Waals surface area contributed by atoms with Gasteiger partial charge in [-0.1, -0.05) is 18.2 Å². The van der Waals surface area contributed by atoms with Crippen molar-refractivity contribution in [2.75, 3.05) is 50.1 Å². The van der Waals surface area contributed by atoms with Gasteiger partial charge in [0.15, 0.2) is 5.78 Å². The second-order valence-electron chi connectivity index (χ2n) is 9.11. The molecule has 0 unspecified atom stereocenters. The van der Waals surface area contributed by atoms with Crippen LogP contribution < -0.4 is 15.0 Å². The fraction of sp³-hybridized carbons (Fsp3) is 0.214. The molecule has 0 bridgehead atoms. The minimum Gasteiger partial charge on any atom is -0.497 e. The summed E-state index contributed by atoms with van der Waals surface area (Å²) in [6, 6.07) is 18.8. The van der Waals surface area contributed by atoms with Crippen molar-refractivity contribution in [3.8, 4) is 28.3 Å². The number of rotatable bonds is 6. The van der Waals surface area contributed by atoms with Crippen molar-refractivity contribution in [1.29, 1.82) is 0 Å². The van der Waals surface area contributed by atoms with E-state index in [-0.39, 0.29) is 18.2 Å². The number of ketones is 1. The molecule has 9 heteroatoms. The molecule has 0 radical (unpaired) electrons. The number of carbonyl (C=O) groups is 2. The largest absolute Gasteiger partial charge is 0.497 e. The van der Waals surface area contributed by atoms with Crippen LogP contribution in [0.5, 0.6) is 5.75 Å². The Hall–Kier alpha value is -4.50. The van der Waals surface area contributed by atoms with Crippen LogP contribution in [0.3, 0.4) is 0 Å². The van der Waals surface area contributed by atoms with Gasteiger partial charge in [0.25, 0.3) is 0 Å². The summed E-state index contributed by atoms with van der Waals surface area (Å²) < 4.78 is 5.24. The molecule has 1 aliphatic heterocycles. The van der Waals surface area contributed by atoms with E-state index in [1.54, 1.807) is 19.4 Å². The van der Waals surface area contributed by atoms with E-state index < -0.39 is 0 Å². The number of piperazine rings is 1. The predicted molar refractivity (Wildman–Crippen MR) is 141 cm³/mol. The van der Waals surface area contributed by atoms with Gasteiger partial charge in [-0.05, 0) is 42.5 Å². The molecule has 2 aromatic carbocycles. The quantitative estimate of drug-likeness (QED) is 0.373. The lowest BCUT2D eigenvalue weighted by Gasteiger charge is -2.34. The molecule has 0 spiro atoms. The van der Waals surface area contributed by atoms with Gasteiger partial charge in [0, 0.05) is 43.5 Å². The second-order valence-corrected chi connectivity index (χ2v) is 9.11. The highest BCUT2D eigenvalue weighted by Crippen LogP contribution is 2.43. The number of hydrogen-bond donors (Lipinski definition) is 2. The van der Waals surface area contributed by atoms with Crippen LogP contribution in [0.4, 0.5) is 11.5 Å². The number of amides is 1. The third-order valence-electron chi connectivity index (χ3n) is 6.90. The van der Waals surface area contributed by atoms with Gasteiger partial charge in [-0.25, -0.2) is 4.98 Å². The van der Waals surface area contributed by atoms with Gasteiger partial charge in [-0.3, -0.25) is 19.6 Å². The number of aromatic nitrogens is 3. The first-order chi connectivity index (χ1) is 18.1. The number of nitrogens with zero attached hydrogens (tertiary/aromatic N) is 4. The van der Waals surface area contributed by atoms with Gasteiger partial charge in [-0.2, -0.15) is 5.10 Å². The number of H-pyrrole nitrogens is 1. The number of methoxy groups -OCH3 is 1. The summed E-state index contributed by atoms with van der Waals surface area (Å²) in [5.41, 5.74) is 4.35.